The first-order valence-corrected chi connectivity index (χ1v) is 6.27. The zero-order valence-electron chi connectivity index (χ0n) is 11.6. The number of likely N-dealkylation sites (tertiary alicyclic amines) is 1. The Kier molecular flexibility index (Phi) is 4.23. The monoisotopic (exact) mass is 254 g/mol. The van der Waals surface area contributed by atoms with E-state index in [-0.39, 0.29) is 6.54 Å². The van der Waals surface area contributed by atoms with Gasteiger partial charge in [-0.2, -0.15) is 5.26 Å². The van der Waals surface area contributed by atoms with Gasteiger partial charge in [-0.15, -0.1) is 0 Å². The van der Waals surface area contributed by atoms with Crippen molar-refractivity contribution in [3.05, 3.63) is 0 Å². The second kappa shape index (κ2) is 5.15. The van der Waals surface area contributed by atoms with Crippen LogP contribution in [0.2, 0.25) is 0 Å². The summed E-state index contributed by atoms with van der Waals surface area (Å²) >= 11 is 0. The fourth-order valence-corrected chi connectivity index (χ4v) is 2.09. The van der Waals surface area contributed by atoms with Crippen LogP contribution < -0.4 is 0 Å². The largest absolute Gasteiger partial charge is 0.444 e. The Hall–Kier alpha value is -1.28. The van der Waals surface area contributed by atoms with Crippen LogP contribution >= 0.6 is 0 Å². The lowest BCUT2D eigenvalue weighted by atomic mass is 9.77. The van der Waals surface area contributed by atoms with E-state index >= 15 is 0 Å². The maximum Gasteiger partial charge on any atom is 0.410 e. The second-order valence-corrected chi connectivity index (χ2v) is 5.95. The van der Waals surface area contributed by atoms with E-state index in [0.29, 0.717) is 19.4 Å². The maximum absolute atomic E-state index is 12.0. The van der Waals surface area contributed by atoms with Gasteiger partial charge in [-0.25, -0.2) is 4.79 Å². The average Bonchev–Trinajstić information content (AvgIpc) is 2.26. The predicted octanol–water partition coefficient (Wildman–Crippen LogP) is 1.91. The number of rotatable bonds is 1. The molecule has 0 aromatic heterocycles. The third-order valence-corrected chi connectivity index (χ3v) is 3.20. The second-order valence-electron chi connectivity index (χ2n) is 5.95. The standard InChI is InChI=1S/C13H22N2O3/c1-10(16)13(8-14)6-5-7-15(9-13)11(17)18-12(2,3)4/h10,16H,5-7,9H2,1-4H3. The Labute approximate surface area is 108 Å². The number of carbonyl (C=O) groups excluding carboxylic acids is 1. The average molecular weight is 254 g/mol. The van der Waals surface area contributed by atoms with Gasteiger partial charge in [0.25, 0.3) is 0 Å². The first kappa shape index (κ1) is 14.8. The minimum atomic E-state index is -0.866. The smallest absolute Gasteiger partial charge is 0.410 e. The number of hydrogen-bond acceptors (Lipinski definition) is 4. The molecule has 1 rings (SSSR count). The topological polar surface area (TPSA) is 73.6 Å². The number of carbonyl (C=O) groups is 1. The Bertz CT molecular complexity index is 354. The van der Waals surface area contributed by atoms with Crippen LogP contribution in [-0.2, 0) is 4.74 Å². The third kappa shape index (κ3) is 3.36. The summed E-state index contributed by atoms with van der Waals surface area (Å²) in [5, 5.41) is 19.0. The van der Waals surface area contributed by atoms with Crippen LogP contribution in [0, 0.1) is 16.7 Å². The molecule has 5 nitrogen and oxygen atoms in total. The van der Waals surface area contributed by atoms with Gasteiger partial charge in [-0.1, -0.05) is 0 Å². The highest BCUT2D eigenvalue weighted by atomic mass is 16.6. The molecule has 0 aromatic rings. The lowest BCUT2D eigenvalue weighted by Gasteiger charge is -2.40. The normalized spacial score (nSPS) is 26.3. The van der Waals surface area contributed by atoms with E-state index in [1.54, 1.807) is 27.7 Å². The molecule has 1 aliphatic rings. The molecule has 0 radical (unpaired) electrons. The van der Waals surface area contributed by atoms with Crippen LogP contribution in [0.5, 0.6) is 0 Å². The van der Waals surface area contributed by atoms with E-state index in [2.05, 4.69) is 6.07 Å². The van der Waals surface area contributed by atoms with E-state index in [1.165, 1.54) is 4.90 Å². The van der Waals surface area contributed by atoms with Gasteiger partial charge >= 0.3 is 6.09 Å². The van der Waals surface area contributed by atoms with Crippen molar-refractivity contribution in [1.29, 1.82) is 5.26 Å². The summed E-state index contributed by atoms with van der Waals surface area (Å²) < 4.78 is 5.29. The Morgan fingerprint density at radius 2 is 2.17 bits per heavy atom. The summed E-state index contributed by atoms with van der Waals surface area (Å²) in [6.45, 7) is 7.83. The van der Waals surface area contributed by atoms with E-state index in [9.17, 15) is 15.2 Å². The zero-order valence-corrected chi connectivity index (χ0v) is 11.6. The fourth-order valence-electron chi connectivity index (χ4n) is 2.09. The van der Waals surface area contributed by atoms with Crippen LogP contribution in [-0.4, -0.2) is 40.9 Å². The van der Waals surface area contributed by atoms with E-state index in [0.717, 1.165) is 0 Å². The number of piperidine rings is 1. The van der Waals surface area contributed by atoms with Crippen molar-refractivity contribution in [2.45, 2.75) is 52.2 Å². The summed E-state index contributed by atoms with van der Waals surface area (Å²) in [5.74, 6) is 0. The number of amides is 1. The lowest BCUT2D eigenvalue weighted by molar-refractivity contribution is -0.0122. The van der Waals surface area contributed by atoms with Crippen LogP contribution in [0.1, 0.15) is 40.5 Å². The summed E-state index contributed by atoms with van der Waals surface area (Å²) in [7, 11) is 0. The van der Waals surface area contributed by atoms with Crippen molar-refractivity contribution < 1.29 is 14.6 Å². The molecule has 0 spiro atoms. The van der Waals surface area contributed by atoms with Crippen molar-refractivity contribution in [3.8, 4) is 6.07 Å². The Morgan fingerprint density at radius 3 is 2.61 bits per heavy atom. The van der Waals surface area contributed by atoms with Crippen molar-refractivity contribution in [1.82, 2.24) is 4.90 Å². The zero-order chi connectivity index (χ0) is 14.0. The Balaban J connectivity index is 2.76. The molecule has 1 saturated heterocycles. The molecule has 0 aliphatic carbocycles. The predicted molar refractivity (Wildman–Crippen MR) is 66.8 cm³/mol. The molecule has 1 fully saturated rings. The van der Waals surface area contributed by atoms with Crippen LogP contribution in [0.4, 0.5) is 4.79 Å². The van der Waals surface area contributed by atoms with Gasteiger partial charge in [0.1, 0.15) is 11.0 Å². The number of nitrogens with zero attached hydrogens (tertiary/aromatic N) is 2. The maximum atomic E-state index is 12.0. The van der Waals surface area contributed by atoms with Crippen molar-refractivity contribution in [3.63, 3.8) is 0 Å². The van der Waals surface area contributed by atoms with Gasteiger partial charge in [0.2, 0.25) is 0 Å². The van der Waals surface area contributed by atoms with Crippen molar-refractivity contribution in [2.75, 3.05) is 13.1 Å². The van der Waals surface area contributed by atoms with E-state index in [1.807, 2.05) is 0 Å². The molecule has 0 saturated carbocycles. The number of nitriles is 1. The van der Waals surface area contributed by atoms with Gasteiger partial charge in [-0.05, 0) is 40.5 Å². The molecular weight excluding hydrogens is 232 g/mol. The summed E-state index contributed by atoms with van der Waals surface area (Å²) in [6, 6.07) is 2.17. The van der Waals surface area contributed by atoms with Gasteiger partial charge in [0.15, 0.2) is 0 Å². The van der Waals surface area contributed by atoms with Crippen molar-refractivity contribution >= 4 is 6.09 Å². The van der Waals surface area contributed by atoms with Gasteiger partial charge in [0, 0.05) is 13.1 Å². The summed E-state index contributed by atoms with van der Waals surface area (Å²) in [5.41, 5.74) is -1.41. The molecule has 2 atom stereocenters. The number of aliphatic hydroxyl groups excluding tert-OH is 1. The fraction of sp³-hybridized carbons (Fsp3) is 0.846. The molecule has 0 bridgehead atoms. The molecular formula is C13H22N2O3. The van der Waals surface area contributed by atoms with Crippen LogP contribution in [0.25, 0.3) is 0 Å². The first-order chi connectivity index (χ1) is 8.20. The SMILES string of the molecule is CC(O)C1(C#N)CCCN(C(=O)OC(C)(C)C)C1. The molecule has 1 N–H and O–H groups in total. The minimum absolute atomic E-state index is 0.232. The van der Waals surface area contributed by atoms with Crippen LogP contribution in [0.15, 0.2) is 0 Å². The summed E-state index contributed by atoms with van der Waals surface area (Å²) in [4.78, 5) is 13.5. The molecule has 1 aliphatic heterocycles. The van der Waals surface area contributed by atoms with Crippen LogP contribution in [0.3, 0.4) is 0 Å². The molecule has 1 amide bonds. The highest BCUT2D eigenvalue weighted by Crippen LogP contribution is 2.33. The molecule has 5 heteroatoms. The highest BCUT2D eigenvalue weighted by molar-refractivity contribution is 5.68. The summed E-state index contributed by atoms with van der Waals surface area (Å²) in [6.07, 6.45) is 0.147. The molecule has 1 heterocycles. The molecule has 2 unspecified atom stereocenters. The van der Waals surface area contributed by atoms with Crippen molar-refractivity contribution in [2.24, 2.45) is 5.41 Å². The minimum Gasteiger partial charge on any atom is -0.444 e. The molecule has 0 aromatic carbocycles. The van der Waals surface area contributed by atoms with Gasteiger partial charge in [-0.3, -0.25) is 0 Å². The number of aliphatic hydroxyl groups is 1. The molecule has 102 valence electrons. The lowest BCUT2D eigenvalue weighted by Crippen LogP contribution is -2.51. The van der Waals surface area contributed by atoms with E-state index < -0.39 is 23.2 Å². The molecule has 18 heavy (non-hydrogen) atoms. The third-order valence-electron chi connectivity index (χ3n) is 3.20. The Morgan fingerprint density at radius 1 is 1.56 bits per heavy atom. The highest BCUT2D eigenvalue weighted by Gasteiger charge is 2.42. The quantitative estimate of drug-likeness (QED) is 0.775. The number of ether oxygens (including phenoxy) is 1. The first-order valence-electron chi connectivity index (χ1n) is 6.27. The number of hydrogen-bond donors (Lipinski definition) is 1. The van der Waals surface area contributed by atoms with Gasteiger partial charge in [0.05, 0.1) is 12.2 Å². The van der Waals surface area contributed by atoms with Gasteiger partial charge < -0.3 is 14.7 Å². The van der Waals surface area contributed by atoms with E-state index in [4.69, 9.17) is 4.74 Å².